The number of amides is 1. The molecule has 16 heteroatoms. The maximum absolute atomic E-state index is 13.5. The van der Waals surface area contributed by atoms with Gasteiger partial charge in [0, 0.05) is 12.3 Å². The van der Waals surface area contributed by atoms with Gasteiger partial charge in [0.25, 0.3) is 5.56 Å². The first-order valence-electron chi connectivity index (χ1n) is 23.0. The molecule has 1 aliphatic heterocycles. The van der Waals surface area contributed by atoms with E-state index in [4.69, 9.17) is 18.6 Å². The summed E-state index contributed by atoms with van der Waals surface area (Å²) < 4.78 is 26.4. The predicted molar refractivity (Wildman–Crippen MR) is 249 cm³/mol. The summed E-state index contributed by atoms with van der Waals surface area (Å²) in [5, 5.41) is 15.3. The number of carbonyl (C=O) groups excluding carboxylic acids is 2. The van der Waals surface area contributed by atoms with Crippen LogP contribution in [0.15, 0.2) is 40.1 Å². The van der Waals surface area contributed by atoms with Crippen LogP contribution in [-0.4, -0.2) is 91.0 Å². The van der Waals surface area contributed by atoms with Gasteiger partial charge in [0.2, 0.25) is 8.32 Å². The van der Waals surface area contributed by atoms with Gasteiger partial charge in [-0.05, 0) is 23.0 Å². The summed E-state index contributed by atoms with van der Waals surface area (Å²) in [4.78, 5) is 65.9. The van der Waals surface area contributed by atoms with Crippen molar-refractivity contribution in [1.29, 1.82) is 0 Å². The minimum atomic E-state index is -2.66. The van der Waals surface area contributed by atoms with Crippen molar-refractivity contribution in [2.75, 3.05) is 37.8 Å². The number of nitro groups is 1. The zero-order valence-electron chi connectivity index (χ0n) is 38.9. The molecular weight excluding hydrogens is 816 g/mol. The molecule has 1 aromatic carbocycles. The Bertz CT molecular complexity index is 1790. The van der Waals surface area contributed by atoms with Crippen molar-refractivity contribution in [2.24, 2.45) is 0 Å². The SMILES string of the molecule is CCCC[PH](CCCC)(CCCC)CCCNC(=O)c1ccc(C(C)COC(=O)OC2[C@@H](CC)O[C@@H](n3ccc(=O)[nH]c3=O)[C@H]2O[Si](C(C)C)(C(C)C)C(C)C)c([N+](=O)[O-])c1. The fourth-order valence-electron chi connectivity index (χ4n) is 9.66. The topological polar surface area (TPSA) is 181 Å². The maximum atomic E-state index is 13.5. The number of nitro benzene ring substituents is 1. The van der Waals surface area contributed by atoms with E-state index in [1.165, 1.54) is 86.1 Å². The summed E-state index contributed by atoms with van der Waals surface area (Å²) in [6.45, 7) is 23.3. The molecule has 1 aromatic heterocycles. The Morgan fingerprint density at radius 1 is 0.885 bits per heavy atom. The molecule has 3 rings (SSSR count). The summed E-state index contributed by atoms with van der Waals surface area (Å²) in [6.07, 6.45) is 10.6. The first-order valence-corrected chi connectivity index (χ1v) is 27.9. The van der Waals surface area contributed by atoms with Gasteiger partial charge in [0.05, 0.1) is 6.10 Å². The quantitative estimate of drug-likeness (QED) is 0.0230. The minimum absolute atomic E-state index is 0.149. The van der Waals surface area contributed by atoms with Crippen molar-refractivity contribution >= 4 is 33.3 Å². The fourth-order valence-corrected chi connectivity index (χ4v) is 20.9. The van der Waals surface area contributed by atoms with E-state index in [0.717, 1.165) is 6.42 Å². The van der Waals surface area contributed by atoms with Crippen LogP contribution in [0.2, 0.25) is 16.6 Å². The number of carbonyl (C=O) groups is 2. The van der Waals surface area contributed by atoms with Crippen LogP contribution in [0.5, 0.6) is 0 Å². The average Bonchev–Trinajstić information content (AvgIpc) is 3.55. The van der Waals surface area contributed by atoms with E-state index in [0.29, 0.717) is 18.5 Å². The third kappa shape index (κ3) is 13.6. The monoisotopic (exact) mass is 893 g/mol. The van der Waals surface area contributed by atoms with Gasteiger partial charge in [0.15, 0.2) is 12.3 Å². The van der Waals surface area contributed by atoms with E-state index in [1.54, 1.807) is 19.1 Å². The van der Waals surface area contributed by atoms with Crippen molar-refractivity contribution in [3.05, 3.63) is 72.5 Å². The van der Waals surface area contributed by atoms with Crippen molar-refractivity contribution in [2.45, 2.75) is 175 Å². The van der Waals surface area contributed by atoms with Gasteiger partial charge in [-0.1, -0.05) is 48.5 Å². The molecule has 1 fully saturated rings. The number of H-pyrrole nitrogens is 1. The van der Waals surface area contributed by atoms with E-state index in [9.17, 15) is 29.3 Å². The van der Waals surface area contributed by atoms with Gasteiger partial charge in [-0.2, -0.15) is 0 Å². The summed E-state index contributed by atoms with van der Waals surface area (Å²) in [7, 11) is -4.12. The molecule has 2 aromatic rings. The Morgan fingerprint density at radius 2 is 1.46 bits per heavy atom. The number of hydrogen-bond acceptors (Lipinski definition) is 10. The number of aromatic amines is 1. The Kier molecular flexibility index (Phi) is 20.8. The fraction of sp³-hybridized carbons (Fsp3) is 0.733. The number of rotatable bonds is 26. The molecular formula is C45H77N4O10PSi. The van der Waals surface area contributed by atoms with Gasteiger partial charge in [-0.15, -0.1) is 0 Å². The molecule has 5 atom stereocenters. The number of hydrogen-bond donors (Lipinski definition) is 2. The summed E-state index contributed by atoms with van der Waals surface area (Å²) in [6, 6.07) is 5.64. The molecule has 1 saturated heterocycles. The number of aromatic nitrogens is 2. The van der Waals surface area contributed by atoms with Gasteiger partial charge >= 0.3 is 206 Å². The van der Waals surface area contributed by atoms with E-state index >= 15 is 0 Å². The Labute approximate surface area is 365 Å². The van der Waals surface area contributed by atoms with Crippen molar-refractivity contribution in [3.63, 3.8) is 0 Å². The van der Waals surface area contributed by atoms with E-state index in [1.807, 2.05) is 6.92 Å². The van der Waals surface area contributed by atoms with Gasteiger partial charge in [-0.3, -0.25) is 14.3 Å². The zero-order valence-corrected chi connectivity index (χ0v) is 40.9. The molecule has 0 aliphatic carbocycles. The summed E-state index contributed by atoms with van der Waals surface area (Å²) >= 11 is 0. The third-order valence-corrected chi connectivity index (χ3v) is 24.7. The second-order valence-electron chi connectivity index (χ2n) is 18.1. The molecule has 2 N–H and O–H groups in total. The van der Waals surface area contributed by atoms with Crippen LogP contribution in [0.4, 0.5) is 10.5 Å². The first kappa shape index (κ1) is 52.0. The number of unbranched alkanes of at least 4 members (excludes halogenated alkanes) is 3. The molecule has 14 nitrogen and oxygen atoms in total. The van der Waals surface area contributed by atoms with Crippen molar-refractivity contribution in [3.8, 4) is 0 Å². The first-order chi connectivity index (χ1) is 28.9. The molecule has 0 radical (unpaired) electrons. The van der Waals surface area contributed by atoms with Crippen LogP contribution < -0.4 is 16.6 Å². The summed E-state index contributed by atoms with van der Waals surface area (Å²) in [5.41, 5.74) is -0.519. The second kappa shape index (κ2) is 24.5. The third-order valence-electron chi connectivity index (χ3n) is 12.9. The van der Waals surface area contributed by atoms with Crippen LogP contribution in [0, 0.1) is 10.1 Å². The van der Waals surface area contributed by atoms with Crippen molar-refractivity contribution < 1.29 is 33.1 Å². The van der Waals surface area contributed by atoms with E-state index < -0.39 is 68.4 Å². The van der Waals surface area contributed by atoms with Crippen LogP contribution in [0.1, 0.15) is 156 Å². The molecule has 0 spiro atoms. The average molecular weight is 893 g/mol. The van der Waals surface area contributed by atoms with E-state index in [2.05, 4.69) is 72.6 Å². The molecule has 1 amide bonds. The predicted octanol–water partition coefficient (Wildman–Crippen LogP) is 9.91. The number of nitrogens with zero attached hydrogens (tertiary/aromatic N) is 2. The van der Waals surface area contributed by atoms with Crippen LogP contribution in [-0.2, 0) is 18.6 Å². The van der Waals surface area contributed by atoms with Gasteiger partial charge < -0.3 is 13.9 Å². The molecule has 2 unspecified atom stereocenters. The molecule has 1 aliphatic rings. The Hall–Kier alpha value is -3.39. The van der Waals surface area contributed by atoms with Crippen molar-refractivity contribution in [1.82, 2.24) is 14.9 Å². The van der Waals surface area contributed by atoms with Crippen LogP contribution in [0.25, 0.3) is 0 Å². The summed E-state index contributed by atoms with van der Waals surface area (Å²) in [5.74, 6) is -0.977. The van der Waals surface area contributed by atoms with Gasteiger partial charge in [-0.25, -0.2) is 9.59 Å². The van der Waals surface area contributed by atoms with Gasteiger partial charge in [0.1, 0.15) is 6.10 Å². The zero-order chi connectivity index (χ0) is 45.5. The number of nitrogens with one attached hydrogen (secondary N) is 2. The number of ether oxygens (including phenoxy) is 3. The van der Waals surface area contributed by atoms with E-state index in [-0.39, 0.29) is 40.4 Å². The number of benzene rings is 1. The van der Waals surface area contributed by atoms with Crippen LogP contribution >= 0.6 is 7.26 Å². The standard InChI is InChI=1S/C45H77N4O10PSi/c1-12-16-25-60(26-17-13-2,27-18-14-3)28-19-23-46-42(51)35-20-21-36(37(29-35)49(54)55)34(11)30-56-45(53)58-40-38(15-4)57-43(48-24-22-39(50)47-44(48)52)41(40)59-61(31(5)6,32(7)8)33(9)10/h20-22,24,29,31-34,38,40-41,43,60H,12-19,23,25-28,30H2,1-11H3,(H,46,51)(H,47,50,52)/t34?,38-,40?,41+,43-/m1/s1. The molecule has 0 bridgehead atoms. The van der Waals surface area contributed by atoms with Crippen LogP contribution in [0.3, 0.4) is 0 Å². The normalized spacial score (nSPS) is 19.0. The molecule has 346 valence electrons. The Morgan fingerprint density at radius 3 is 1.97 bits per heavy atom. The Balaban J connectivity index is 1.77. The second-order valence-corrected chi connectivity index (χ2v) is 28.5. The molecule has 2 heterocycles. The molecule has 61 heavy (non-hydrogen) atoms. The molecule has 0 saturated carbocycles.